The summed E-state index contributed by atoms with van der Waals surface area (Å²) in [6, 6.07) is 1.87. The van der Waals surface area contributed by atoms with Gasteiger partial charge in [-0.1, -0.05) is 19.8 Å². The fourth-order valence-electron chi connectivity index (χ4n) is 1.15. The average Bonchev–Trinajstić information content (AvgIpc) is 2.52. The van der Waals surface area contributed by atoms with Gasteiger partial charge >= 0.3 is 0 Å². The number of anilines is 1. The Balaban J connectivity index is 2.39. The van der Waals surface area contributed by atoms with E-state index in [0.29, 0.717) is 0 Å². The zero-order valence-corrected chi connectivity index (χ0v) is 7.45. The van der Waals surface area contributed by atoms with E-state index in [1.165, 1.54) is 12.8 Å². The summed E-state index contributed by atoms with van der Waals surface area (Å²) in [5.41, 5.74) is 2.60. The molecule has 0 amide bonds. The van der Waals surface area contributed by atoms with Crippen molar-refractivity contribution in [1.82, 2.24) is 9.78 Å². The highest BCUT2D eigenvalue weighted by atomic mass is 15.4. The minimum absolute atomic E-state index is 0.881. The highest BCUT2D eigenvalue weighted by molar-refractivity contribution is 5.31. The van der Waals surface area contributed by atoms with Gasteiger partial charge in [0.15, 0.2) is 0 Å². The van der Waals surface area contributed by atoms with Gasteiger partial charge in [-0.15, -0.1) is 0 Å². The van der Waals surface area contributed by atoms with Gasteiger partial charge in [0, 0.05) is 12.6 Å². The number of nitrogens with one attached hydrogen (secondary N) is 1. The van der Waals surface area contributed by atoms with Crippen LogP contribution >= 0.6 is 0 Å². The molecule has 0 bridgehead atoms. The summed E-state index contributed by atoms with van der Waals surface area (Å²) in [6.45, 7) is 3.13. The number of aromatic nitrogens is 2. The van der Waals surface area contributed by atoms with Gasteiger partial charge in [0.05, 0.1) is 6.20 Å². The minimum Gasteiger partial charge on any atom is -0.309 e. The molecule has 0 saturated carbocycles. The first kappa shape index (κ1) is 9.06. The molecule has 4 nitrogen and oxygen atoms in total. The highest BCUT2D eigenvalue weighted by Gasteiger charge is 1.97. The number of aryl methyl sites for hydroxylation is 1. The lowest BCUT2D eigenvalue weighted by atomic mass is 10.2. The Morgan fingerprint density at radius 2 is 2.42 bits per heavy atom. The van der Waals surface area contributed by atoms with E-state index < -0.39 is 0 Å². The van der Waals surface area contributed by atoms with Gasteiger partial charge in [-0.3, -0.25) is 0 Å². The molecule has 0 atom stereocenters. The van der Waals surface area contributed by atoms with Gasteiger partial charge in [0.1, 0.15) is 5.82 Å². The Morgan fingerprint density at radius 3 is 3.08 bits per heavy atom. The van der Waals surface area contributed by atoms with Crippen LogP contribution in [0.15, 0.2) is 12.3 Å². The van der Waals surface area contributed by atoms with Crippen LogP contribution in [0.25, 0.3) is 0 Å². The van der Waals surface area contributed by atoms with E-state index in [4.69, 9.17) is 5.84 Å². The Labute approximate surface area is 72.7 Å². The molecule has 1 heterocycles. The zero-order chi connectivity index (χ0) is 8.81. The van der Waals surface area contributed by atoms with Crippen LogP contribution in [0.1, 0.15) is 26.2 Å². The molecule has 12 heavy (non-hydrogen) atoms. The quantitative estimate of drug-likeness (QED) is 0.396. The van der Waals surface area contributed by atoms with Crippen molar-refractivity contribution in [3.05, 3.63) is 12.3 Å². The molecule has 0 spiro atoms. The third-order valence-corrected chi connectivity index (χ3v) is 1.84. The third-order valence-electron chi connectivity index (χ3n) is 1.84. The molecule has 0 saturated heterocycles. The van der Waals surface area contributed by atoms with Crippen molar-refractivity contribution < 1.29 is 0 Å². The van der Waals surface area contributed by atoms with E-state index in [-0.39, 0.29) is 0 Å². The smallest absolute Gasteiger partial charge is 0.138 e. The van der Waals surface area contributed by atoms with E-state index in [1.807, 2.05) is 10.7 Å². The fraction of sp³-hybridized carbons (Fsp3) is 0.625. The third kappa shape index (κ3) is 2.23. The van der Waals surface area contributed by atoms with E-state index >= 15 is 0 Å². The van der Waals surface area contributed by atoms with Gasteiger partial charge in [0.25, 0.3) is 0 Å². The Kier molecular flexibility index (Phi) is 3.60. The fourth-order valence-corrected chi connectivity index (χ4v) is 1.15. The van der Waals surface area contributed by atoms with E-state index in [2.05, 4.69) is 17.4 Å². The van der Waals surface area contributed by atoms with E-state index in [0.717, 1.165) is 18.8 Å². The molecule has 0 aliphatic heterocycles. The molecule has 0 aromatic carbocycles. The minimum atomic E-state index is 0.881. The van der Waals surface area contributed by atoms with Gasteiger partial charge in [-0.05, 0) is 6.42 Å². The second-order valence-electron chi connectivity index (χ2n) is 2.79. The zero-order valence-electron chi connectivity index (χ0n) is 7.45. The summed E-state index contributed by atoms with van der Waals surface area (Å²) in [6.07, 6.45) is 5.38. The molecule has 0 aliphatic carbocycles. The van der Waals surface area contributed by atoms with Crippen LogP contribution in [-0.4, -0.2) is 9.78 Å². The lowest BCUT2D eigenvalue weighted by molar-refractivity contribution is 0.557. The number of hydrogen-bond acceptors (Lipinski definition) is 3. The summed E-state index contributed by atoms with van der Waals surface area (Å²) in [5.74, 6) is 6.17. The number of rotatable bonds is 5. The van der Waals surface area contributed by atoms with E-state index in [1.54, 1.807) is 6.20 Å². The lowest BCUT2D eigenvalue weighted by Crippen LogP contribution is -2.13. The first-order chi connectivity index (χ1) is 5.88. The van der Waals surface area contributed by atoms with Gasteiger partial charge < -0.3 is 5.43 Å². The Morgan fingerprint density at radius 1 is 1.58 bits per heavy atom. The summed E-state index contributed by atoms with van der Waals surface area (Å²) in [4.78, 5) is 0. The number of unbranched alkanes of at least 4 members (excludes halogenated alkanes) is 2. The summed E-state index contributed by atoms with van der Waals surface area (Å²) >= 11 is 0. The molecular formula is C8H16N4. The second kappa shape index (κ2) is 4.77. The predicted octanol–water partition coefficient (Wildman–Crippen LogP) is 1.36. The van der Waals surface area contributed by atoms with E-state index in [9.17, 15) is 0 Å². The summed E-state index contributed by atoms with van der Waals surface area (Å²) < 4.78 is 1.88. The molecule has 3 N–H and O–H groups in total. The van der Waals surface area contributed by atoms with Crippen molar-refractivity contribution >= 4 is 5.82 Å². The van der Waals surface area contributed by atoms with Crippen LogP contribution in [0, 0.1) is 0 Å². The monoisotopic (exact) mass is 168 g/mol. The van der Waals surface area contributed by atoms with Crippen molar-refractivity contribution in [2.45, 2.75) is 32.7 Å². The molecule has 0 radical (unpaired) electrons. The first-order valence-electron chi connectivity index (χ1n) is 4.37. The number of nitrogens with zero attached hydrogens (tertiary/aromatic N) is 2. The topological polar surface area (TPSA) is 55.9 Å². The summed E-state index contributed by atoms with van der Waals surface area (Å²) in [5, 5.41) is 4.13. The lowest BCUT2D eigenvalue weighted by Gasteiger charge is -2.04. The molecular weight excluding hydrogens is 152 g/mol. The van der Waals surface area contributed by atoms with Crippen molar-refractivity contribution in [3.63, 3.8) is 0 Å². The number of hydrazine groups is 1. The largest absolute Gasteiger partial charge is 0.309 e. The van der Waals surface area contributed by atoms with Crippen molar-refractivity contribution in [1.29, 1.82) is 0 Å². The van der Waals surface area contributed by atoms with Crippen LogP contribution in [-0.2, 0) is 6.54 Å². The second-order valence-corrected chi connectivity index (χ2v) is 2.79. The summed E-state index contributed by atoms with van der Waals surface area (Å²) in [7, 11) is 0. The van der Waals surface area contributed by atoms with Gasteiger partial charge in [0.2, 0.25) is 0 Å². The van der Waals surface area contributed by atoms with Crippen LogP contribution in [0.4, 0.5) is 5.82 Å². The van der Waals surface area contributed by atoms with Gasteiger partial charge in [-0.25, -0.2) is 10.5 Å². The molecule has 68 valence electrons. The maximum atomic E-state index is 5.29. The van der Waals surface area contributed by atoms with Crippen molar-refractivity contribution in [3.8, 4) is 0 Å². The molecule has 0 fully saturated rings. The number of hydrogen-bond donors (Lipinski definition) is 2. The molecule has 1 aromatic rings. The average molecular weight is 168 g/mol. The molecule has 0 aliphatic rings. The number of nitrogen functional groups attached to an aromatic ring is 1. The SMILES string of the molecule is CCCCCn1nccc1NN. The van der Waals surface area contributed by atoms with Crippen LogP contribution < -0.4 is 11.3 Å². The van der Waals surface area contributed by atoms with Crippen LogP contribution in [0.5, 0.6) is 0 Å². The predicted molar refractivity (Wildman–Crippen MR) is 49.6 cm³/mol. The molecule has 1 aromatic heterocycles. The van der Waals surface area contributed by atoms with Gasteiger partial charge in [-0.2, -0.15) is 5.10 Å². The van der Waals surface area contributed by atoms with Crippen molar-refractivity contribution in [2.24, 2.45) is 5.84 Å². The molecule has 1 rings (SSSR count). The Hall–Kier alpha value is -1.03. The molecule has 4 heteroatoms. The maximum Gasteiger partial charge on any atom is 0.138 e. The normalized spacial score (nSPS) is 10.2. The first-order valence-corrected chi connectivity index (χ1v) is 4.37. The Bertz CT molecular complexity index is 219. The van der Waals surface area contributed by atoms with Crippen molar-refractivity contribution in [2.75, 3.05) is 5.43 Å². The maximum absolute atomic E-state index is 5.29. The molecule has 0 unspecified atom stereocenters. The standard InChI is InChI=1S/C8H16N4/c1-2-3-4-7-12-8(11-9)5-6-10-12/h5-6,11H,2-4,7,9H2,1H3. The van der Waals surface area contributed by atoms with Crippen LogP contribution in [0.3, 0.4) is 0 Å². The van der Waals surface area contributed by atoms with Crippen LogP contribution in [0.2, 0.25) is 0 Å². The number of nitrogens with two attached hydrogens (primary N) is 1. The highest BCUT2D eigenvalue weighted by Crippen LogP contribution is 2.06.